The minimum absolute atomic E-state index is 0.149. The van der Waals surface area contributed by atoms with Crippen LogP contribution in [0.2, 0.25) is 0 Å². The van der Waals surface area contributed by atoms with E-state index in [1.807, 2.05) is 0 Å². The minimum Gasteiger partial charge on any atom is -0.354 e. The van der Waals surface area contributed by atoms with Crippen LogP contribution in [0.5, 0.6) is 0 Å². The summed E-state index contributed by atoms with van der Waals surface area (Å²) in [6.45, 7) is 2.95. The zero-order valence-electron chi connectivity index (χ0n) is 12.1. The molecule has 2 rings (SSSR count). The van der Waals surface area contributed by atoms with Gasteiger partial charge in [-0.05, 0) is 6.92 Å². The molecule has 0 saturated heterocycles. The van der Waals surface area contributed by atoms with Crippen LogP contribution < -0.4 is 21.5 Å². The van der Waals surface area contributed by atoms with Crippen molar-refractivity contribution in [2.75, 3.05) is 30.3 Å². The normalized spacial score (nSPS) is 10.2. The number of hydrogen-bond donors (Lipinski definition) is 4. The fourth-order valence-electron chi connectivity index (χ4n) is 1.68. The highest BCUT2D eigenvalue weighted by molar-refractivity contribution is 5.91. The summed E-state index contributed by atoms with van der Waals surface area (Å²) < 4.78 is 0. The van der Waals surface area contributed by atoms with Crippen LogP contribution in [0.15, 0.2) is 29.5 Å². The predicted octanol–water partition coefficient (Wildman–Crippen LogP) is -0.491. The average Bonchev–Trinajstić information content (AvgIpc) is 2.47. The summed E-state index contributed by atoms with van der Waals surface area (Å²) in [4.78, 5) is 37.4. The van der Waals surface area contributed by atoms with E-state index in [0.717, 1.165) is 0 Å². The van der Waals surface area contributed by atoms with Crippen LogP contribution in [-0.4, -0.2) is 45.5 Å². The van der Waals surface area contributed by atoms with Crippen LogP contribution in [0.1, 0.15) is 5.69 Å². The molecule has 0 aliphatic heterocycles. The second-order valence-corrected chi connectivity index (χ2v) is 4.48. The van der Waals surface area contributed by atoms with Crippen molar-refractivity contribution in [1.29, 1.82) is 0 Å². The molecule has 0 atom stereocenters. The number of carbonyl (C=O) groups excluding carboxylic acids is 1. The second-order valence-electron chi connectivity index (χ2n) is 4.48. The van der Waals surface area contributed by atoms with Crippen molar-refractivity contribution in [3.05, 3.63) is 40.7 Å². The molecule has 0 fully saturated rings. The summed E-state index contributed by atoms with van der Waals surface area (Å²) in [5, 5.41) is 8.54. The van der Waals surface area contributed by atoms with Gasteiger partial charge in [-0.15, -0.1) is 0 Å². The van der Waals surface area contributed by atoms with Crippen LogP contribution in [0.4, 0.5) is 11.8 Å². The number of nitrogens with one attached hydrogen (secondary N) is 4. The van der Waals surface area contributed by atoms with E-state index in [1.54, 1.807) is 6.92 Å². The van der Waals surface area contributed by atoms with Gasteiger partial charge in [-0.1, -0.05) is 0 Å². The van der Waals surface area contributed by atoms with Gasteiger partial charge < -0.3 is 16.0 Å². The highest BCUT2D eigenvalue weighted by Crippen LogP contribution is 1.96. The first-order chi connectivity index (χ1) is 10.6. The molecular weight excluding hydrogens is 286 g/mol. The molecule has 0 aliphatic carbocycles. The molecule has 0 aromatic carbocycles. The molecule has 0 spiro atoms. The number of rotatable bonds is 7. The summed E-state index contributed by atoms with van der Waals surface area (Å²) in [5.41, 5.74) is 0.439. The Hall–Kier alpha value is -2.81. The molecular formula is C13H17N7O2. The van der Waals surface area contributed by atoms with Crippen molar-refractivity contribution in [1.82, 2.24) is 25.3 Å². The third-order valence-electron chi connectivity index (χ3n) is 2.58. The van der Waals surface area contributed by atoms with E-state index in [9.17, 15) is 9.59 Å². The van der Waals surface area contributed by atoms with Gasteiger partial charge in [-0.3, -0.25) is 19.6 Å². The largest absolute Gasteiger partial charge is 0.354 e. The second kappa shape index (κ2) is 7.84. The third-order valence-corrected chi connectivity index (χ3v) is 2.58. The van der Waals surface area contributed by atoms with Crippen LogP contribution in [0.25, 0.3) is 0 Å². The zero-order chi connectivity index (χ0) is 15.8. The van der Waals surface area contributed by atoms with E-state index in [4.69, 9.17) is 0 Å². The fourth-order valence-corrected chi connectivity index (χ4v) is 1.68. The van der Waals surface area contributed by atoms with Crippen LogP contribution >= 0.6 is 0 Å². The molecule has 22 heavy (non-hydrogen) atoms. The van der Waals surface area contributed by atoms with Gasteiger partial charge in [0, 0.05) is 37.2 Å². The van der Waals surface area contributed by atoms with Crippen molar-refractivity contribution in [3.8, 4) is 0 Å². The van der Waals surface area contributed by atoms with E-state index >= 15 is 0 Å². The highest BCUT2D eigenvalue weighted by Gasteiger charge is 2.02. The minimum atomic E-state index is -0.206. The monoisotopic (exact) mass is 303 g/mol. The highest BCUT2D eigenvalue weighted by atomic mass is 16.2. The lowest BCUT2D eigenvalue weighted by Crippen LogP contribution is -2.32. The molecule has 0 aliphatic rings. The Morgan fingerprint density at radius 1 is 1.32 bits per heavy atom. The van der Waals surface area contributed by atoms with Gasteiger partial charge in [0.2, 0.25) is 11.9 Å². The summed E-state index contributed by atoms with van der Waals surface area (Å²) in [7, 11) is 0. The molecule has 0 saturated carbocycles. The standard InChI is InChI=1S/C13H17N7O2/c1-9-6-11(21)20-13(18-9)17-5-3-15-8-12(22)19-10-7-14-2-4-16-10/h2,4,6-7,15H,3,5,8H2,1H3,(H,16,19,22)(H2,17,18,20,21). The number of anilines is 2. The van der Waals surface area contributed by atoms with Gasteiger partial charge in [0.1, 0.15) is 0 Å². The molecule has 0 unspecified atom stereocenters. The molecule has 0 radical (unpaired) electrons. The van der Waals surface area contributed by atoms with E-state index in [2.05, 4.69) is 35.9 Å². The fraction of sp³-hybridized carbons (Fsp3) is 0.308. The Kier molecular flexibility index (Phi) is 5.55. The number of aromatic amines is 1. The average molecular weight is 303 g/mol. The molecule has 2 heterocycles. The Morgan fingerprint density at radius 2 is 2.18 bits per heavy atom. The third kappa shape index (κ3) is 5.29. The Morgan fingerprint density at radius 3 is 2.91 bits per heavy atom. The summed E-state index contributed by atoms with van der Waals surface area (Å²) in [6, 6.07) is 1.42. The number of aromatic nitrogens is 4. The van der Waals surface area contributed by atoms with E-state index in [0.29, 0.717) is 30.5 Å². The van der Waals surface area contributed by atoms with Gasteiger partial charge in [0.05, 0.1) is 12.7 Å². The van der Waals surface area contributed by atoms with Gasteiger partial charge in [-0.25, -0.2) is 9.97 Å². The van der Waals surface area contributed by atoms with Crippen molar-refractivity contribution in [2.45, 2.75) is 6.92 Å². The molecule has 2 aromatic heterocycles. The lowest BCUT2D eigenvalue weighted by atomic mass is 10.4. The van der Waals surface area contributed by atoms with E-state index in [1.165, 1.54) is 24.7 Å². The Balaban J connectivity index is 1.65. The number of hydrogen-bond acceptors (Lipinski definition) is 7. The Labute approximate surface area is 126 Å². The smallest absolute Gasteiger partial charge is 0.252 e. The number of H-pyrrole nitrogens is 1. The van der Waals surface area contributed by atoms with Crippen molar-refractivity contribution >= 4 is 17.7 Å². The molecule has 0 bridgehead atoms. The molecule has 116 valence electrons. The summed E-state index contributed by atoms with van der Waals surface area (Å²) in [5.74, 6) is 0.618. The van der Waals surface area contributed by atoms with Crippen molar-refractivity contribution < 1.29 is 4.79 Å². The molecule has 4 N–H and O–H groups in total. The van der Waals surface area contributed by atoms with Crippen LogP contribution in [-0.2, 0) is 4.79 Å². The number of nitrogens with zero attached hydrogens (tertiary/aromatic N) is 3. The maximum atomic E-state index is 11.6. The first-order valence-electron chi connectivity index (χ1n) is 6.72. The SMILES string of the molecule is Cc1cc(=O)[nH]c(NCCNCC(=O)Nc2cnccn2)n1. The van der Waals surface area contributed by atoms with Crippen LogP contribution in [0.3, 0.4) is 0 Å². The topological polar surface area (TPSA) is 125 Å². The molecule has 2 aromatic rings. The first-order valence-corrected chi connectivity index (χ1v) is 6.72. The zero-order valence-corrected chi connectivity index (χ0v) is 12.1. The van der Waals surface area contributed by atoms with Crippen LogP contribution in [0, 0.1) is 6.92 Å². The quantitative estimate of drug-likeness (QED) is 0.509. The van der Waals surface area contributed by atoms with E-state index < -0.39 is 0 Å². The van der Waals surface area contributed by atoms with Gasteiger partial charge >= 0.3 is 0 Å². The first kappa shape index (κ1) is 15.6. The van der Waals surface area contributed by atoms with E-state index in [-0.39, 0.29) is 18.0 Å². The molecule has 9 nitrogen and oxygen atoms in total. The lowest BCUT2D eigenvalue weighted by Gasteiger charge is -2.07. The predicted molar refractivity (Wildman–Crippen MR) is 81.6 cm³/mol. The maximum Gasteiger partial charge on any atom is 0.252 e. The molecule has 9 heteroatoms. The number of carbonyl (C=O) groups is 1. The van der Waals surface area contributed by atoms with Gasteiger partial charge in [-0.2, -0.15) is 0 Å². The number of aryl methyl sites for hydroxylation is 1. The van der Waals surface area contributed by atoms with Gasteiger partial charge in [0.15, 0.2) is 5.82 Å². The van der Waals surface area contributed by atoms with Crippen molar-refractivity contribution in [2.24, 2.45) is 0 Å². The molecule has 1 amide bonds. The van der Waals surface area contributed by atoms with Crippen molar-refractivity contribution in [3.63, 3.8) is 0 Å². The maximum absolute atomic E-state index is 11.6. The summed E-state index contributed by atoms with van der Waals surface area (Å²) in [6.07, 6.45) is 4.50. The van der Waals surface area contributed by atoms with Gasteiger partial charge in [0.25, 0.3) is 5.56 Å². The number of amides is 1. The Bertz CT molecular complexity index is 672. The summed E-state index contributed by atoms with van der Waals surface area (Å²) >= 11 is 0. The lowest BCUT2D eigenvalue weighted by molar-refractivity contribution is -0.115.